The number of hydrogen-bond acceptors (Lipinski definition) is 2. The van der Waals surface area contributed by atoms with Crippen LogP contribution in [-0.4, -0.2) is 4.98 Å². The van der Waals surface area contributed by atoms with Crippen LogP contribution < -0.4 is 0 Å². The lowest BCUT2D eigenvalue weighted by Gasteiger charge is -2.09. The number of aryl methyl sites for hydroxylation is 1. The van der Waals surface area contributed by atoms with E-state index in [0.717, 1.165) is 24.8 Å². The van der Waals surface area contributed by atoms with Gasteiger partial charge in [-0.15, -0.1) is 11.3 Å². The minimum absolute atomic E-state index is 0.205. The summed E-state index contributed by atoms with van der Waals surface area (Å²) in [4.78, 5) is 5.37. The van der Waals surface area contributed by atoms with Crippen molar-refractivity contribution in [3.8, 4) is 21.6 Å². The van der Waals surface area contributed by atoms with Gasteiger partial charge in [-0.05, 0) is 88.4 Å². The van der Waals surface area contributed by atoms with Gasteiger partial charge in [0.15, 0.2) is 0 Å². The molecule has 0 saturated carbocycles. The number of benzene rings is 2. The number of nitrogens with zero attached hydrogens (tertiary/aromatic N) is 1. The van der Waals surface area contributed by atoms with Gasteiger partial charge in [0, 0.05) is 22.8 Å². The molecular formula is C24H19FINS. The molecule has 0 aliphatic rings. The van der Waals surface area contributed by atoms with Crippen LogP contribution in [0, 0.1) is 8.70 Å². The molecule has 0 unspecified atom stereocenters. The molecular weight excluding hydrogens is 480 g/mol. The Hall–Kier alpha value is -2.05. The highest BCUT2D eigenvalue weighted by molar-refractivity contribution is 14.1. The van der Waals surface area contributed by atoms with Gasteiger partial charge in [0.2, 0.25) is 0 Å². The van der Waals surface area contributed by atoms with Gasteiger partial charge < -0.3 is 0 Å². The van der Waals surface area contributed by atoms with Crippen molar-refractivity contribution in [3.63, 3.8) is 0 Å². The molecule has 0 spiro atoms. The third-order valence-electron chi connectivity index (χ3n) is 4.77. The molecule has 0 N–H and O–H groups in total. The number of hydrogen-bond donors (Lipinski definition) is 0. The van der Waals surface area contributed by atoms with Gasteiger partial charge in [-0.1, -0.05) is 42.5 Å². The smallest absolute Gasteiger partial charge is 0.123 e. The van der Waals surface area contributed by atoms with E-state index in [2.05, 4.69) is 70.0 Å². The van der Waals surface area contributed by atoms with Gasteiger partial charge in [-0.2, -0.15) is 0 Å². The normalized spacial score (nSPS) is 10.9. The van der Waals surface area contributed by atoms with Crippen molar-refractivity contribution in [2.75, 3.05) is 0 Å². The Morgan fingerprint density at radius 3 is 2.25 bits per heavy atom. The summed E-state index contributed by atoms with van der Waals surface area (Å²) in [5.41, 5.74) is 6.24. The SMILES string of the molecule is Fc1ccc(-c2sc(I)c(CCCc3ccccc3)c2-c2ccncc2)cc1. The summed E-state index contributed by atoms with van der Waals surface area (Å²) in [5, 5.41) is 0. The third kappa shape index (κ3) is 4.33. The fourth-order valence-electron chi connectivity index (χ4n) is 3.40. The van der Waals surface area contributed by atoms with Crippen molar-refractivity contribution in [2.24, 2.45) is 0 Å². The number of aromatic nitrogens is 1. The zero-order valence-electron chi connectivity index (χ0n) is 15.2. The zero-order valence-corrected chi connectivity index (χ0v) is 18.2. The highest BCUT2D eigenvalue weighted by Gasteiger charge is 2.19. The van der Waals surface area contributed by atoms with Crippen molar-refractivity contribution < 1.29 is 4.39 Å². The van der Waals surface area contributed by atoms with Crippen LogP contribution in [0.3, 0.4) is 0 Å². The van der Waals surface area contributed by atoms with Crippen LogP contribution in [0.1, 0.15) is 17.5 Å². The highest BCUT2D eigenvalue weighted by atomic mass is 127. The first-order chi connectivity index (χ1) is 13.7. The minimum atomic E-state index is -0.205. The second kappa shape index (κ2) is 8.97. The largest absolute Gasteiger partial charge is 0.265 e. The van der Waals surface area contributed by atoms with Crippen LogP contribution >= 0.6 is 33.9 Å². The molecule has 2 heterocycles. The van der Waals surface area contributed by atoms with Crippen molar-refractivity contribution in [2.45, 2.75) is 19.3 Å². The maximum absolute atomic E-state index is 13.4. The molecule has 4 aromatic rings. The van der Waals surface area contributed by atoms with Gasteiger partial charge in [0.25, 0.3) is 0 Å². The molecule has 0 atom stereocenters. The first-order valence-electron chi connectivity index (χ1n) is 9.24. The molecule has 0 radical (unpaired) electrons. The van der Waals surface area contributed by atoms with E-state index in [0.29, 0.717) is 0 Å². The summed E-state index contributed by atoms with van der Waals surface area (Å²) in [7, 11) is 0. The van der Waals surface area contributed by atoms with Crippen molar-refractivity contribution in [1.29, 1.82) is 0 Å². The van der Waals surface area contributed by atoms with Crippen LogP contribution in [0.5, 0.6) is 0 Å². The Balaban J connectivity index is 1.70. The molecule has 4 rings (SSSR count). The molecule has 140 valence electrons. The molecule has 28 heavy (non-hydrogen) atoms. The average Bonchev–Trinajstić information content (AvgIpc) is 3.06. The predicted octanol–water partition coefficient (Wildman–Crippen LogP) is 7.40. The fourth-order valence-corrected chi connectivity index (χ4v) is 5.71. The summed E-state index contributed by atoms with van der Waals surface area (Å²) in [6, 6.07) is 21.6. The van der Waals surface area contributed by atoms with Gasteiger partial charge in [-0.25, -0.2) is 4.39 Å². The Labute approximate surface area is 182 Å². The molecule has 0 aliphatic heterocycles. The molecule has 0 amide bonds. The van der Waals surface area contributed by atoms with Gasteiger partial charge >= 0.3 is 0 Å². The van der Waals surface area contributed by atoms with Crippen LogP contribution in [0.25, 0.3) is 21.6 Å². The second-order valence-corrected chi connectivity index (χ2v) is 9.47. The molecule has 0 saturated heterocycles. The van der Waals surface area contributed by atoms with Crippen molar-refractivity contribution >= 4 is 33.9 Å². The van der Waals surface area contributed by atoms with Crippen LogP contribution in [-0.2, 0) is 12.8 Å². The Kier molecular flexibility index (Phi) is 6.17. The fraction of sp³-hybridized carbons (Fsp3) is 0.125. The molecule has 2 aromatic carbocycles. The number of halogens is 2. The molecule has 0 aliphatic carbocycles. The maximum Gasteiger partial charge on any atom is 0.123 e. The van der Waals surface area contributed by atoms with E-state index in [4.69, 9.17) is 0 Å². The van der Waals surface area contributed by atoms with Crippen molar-refractivity contribution in [1.82, 2.24) is 4.98 Å². The highest BCUT2D eigenvalue weighted by Crippen LogP contribution is 2.44. The molecule has 4 heteroatoms. The predicted molar refractivity (Wildman–Crippen MR) is 124 cm³/mol. The van der Waals surface area contributed by atoms with E-state index in [9.17, 15) is 4.39 Å². The van der Waals surface area contributed by atoms with E-state index >= 15 is 0 Å². The quantitative estimate of drug-likeness (QED) is 0.252. The Bertz CT molecular complexity index is 1040. The summed E-state index contributed by atoms with van der Waals surface area (Å²) in [6.07, 6.45) is 6.85. The lowest BCUT2D eigenvalue weighted by Crippen LogP contribution is -1.93. The molecule has 0 fully saturated rings. The van der Waals surface area contributed by atoms with E-state index in [1.807, 2.05) is 24.5 Å². The standard InChI is InChI=1S/C24H19FINS/c25-20-11-9-19(10-12-20)23-22(18-13-15-27-16-14-18)21(24(26)28-23)8-4-7-17-5-2-1-3-6-17/h1-3,5-6,9-16H,4,7-8H2. The Morgan fingerprint density at radius 2 is 1.54 bits per heavy atom. The van der Waals surface area contributed by atoms with Crippen LogP contribution in [0.15, 0.2) is 79.1 Å². The third-order valence-corrected chi connectivity index (χ3v) is 7.15. The lowest BCUT2D eigenvalue weighted by atomic mass is 9.96. The van der Waals surface area contributed by atoms with Gasteiger partial charge in [-0.3, -0.25) is 4.98 Å². The summed E-state index contributed by atoms with van der Waals surface area (Å²) in [6.45, 7) is 0. The molecule has 0 bridgehead atoms. The number of thiophene rings is 1. The summed E-state index contributed by atoms with van der Waals surface area (Å²) in [5.74, 6) is -0.205. The molecule has 1 nitrogen and oxygen atoms in total. The maximum atomic E-state index is 13.4. The van der Waals surface area contributed by atoms with Crippen LogP contribution in [0.2, 0.25) is 0 Å². The minimum Gasteiger partial charge on any atom is -0.265 e. The van der Waals surface area contributed by atoms with Gasteiger partial charge in [0.05, 0.1) is 2.88 Å². The number of pyridine rings is 1. The first kappa shape index (κ1) is 19.3. The average molecular weight is 499 g/mol. The topological polar surface area (TPSA) is 12.9 Å². The van der Waals surface area contributed by atoms with E-state index in [1.165, 1.54) is 42.1 Å². The summed E-state index contributed by atoms with van der Waals surface area (Å²) >= 11 is 4.24. The summed E-state index contributed by atoms with van der Waals surface area (Å²) < 4.78 is 14.7. The first-order valence-corrected chi connectivity index (χ1v) is 11.1. The second-order valence-electron chi connectivity index (χ2n) is 6.64. The monoisotopic (exact) mass is 499 g/mol. The lowest BCUT2D eigenvalue weighted by molar-refractivity contribution is 0.628. The van der Waals surface area contributed by atoms with Crippen LogP contribution in [0.4, 0.5) is 4.39 Å². The zero-order chi connectivity index (χ0) is 19.3. The van der Waals surface area contributed by atoms with E-state index in [1.54, 1.807) is 11.3 Å². The van der Waals surface area contributed by atoms with Gasteiger partial charge in [0.1, 0.15) is 5.82 Å². The van der Waals surface area contributed by atoms with Crippen molar-refractivity contribution in [3.05, 3.63) is 99.0 Å². The number of rotatable bonds is 6. The van der Waals surface area contributed by atoms with E-state index < -0.39 is 0 Å². The van der Waals surface area contributed by atoms with E-state index in [-0.39, 0.29) is 5.82 Å². The molecule has 2 aromatic heterocycles. The Morgan fingerprint density at radius 1 is 0.821 bits per heavy atom.